The highest BCUT2D eigenvalue weighted by Crippen LogP contribution is 2.30. The van der Waals surface area contributed by atoms with Crippen molar-refractivity contribution < 1.29 is 30.0 Å². The summed E-state index contributed by atoms with van der Waals surface area (Å²) in [4.78, 5) is 0. The van der Waals surface area contributed by atoms with E-state index in [4.69, 9.17) is 11.6 Å². The third kappa shape index (κ3) is 5.00. The molecule has 0 bridgehead atoms. The van der Waals surface area contributed by atoms with Gasteiger partial charge in [0.2, 0.25) is 0 Å². The van der Waals surface area contributed by atoms with Gasteiger partial charge in [-0.05, 0) is 6.42 Å². The van der Waals surface area contributed by atoms with E-state index in [0.29, 0.717) is 0 Å². The van der Waals surface area contributed by atoms with Gasteiger partial charge in [0.1, 0.15) is 0 Å². The molecule has 0 atom stereocenters. The fourth-order valence-electron chi connectivity index (χ4n) is 0.466. The predicted molar refractivity (Wildman–Crippen MR) is 47.5 cm³/mol. The Hall–Kier alpha value is -0.0600. The van der Waals surface area contributed by atoms with Crippen LogP contribution >= 0.6 is 11.6 Å². The van der Waals surface area contributed by atoms with E-state index in [1.165, 1.54) is 0 Å². The van der Waals surface area contributed by atoms with Crippen LogP contribution in [-0.4, -0.2) is 34.0 Å². The van der Waals surface area contributed by atoms with Crippen molar-refractivity contribution in [3.63, 3.8) is 0 Å². The Balaban J connectivity index is 4.76. The van der Waals surface area contributed by atoms with Gasteiger partial charge in [-0.2, -0.15) is 13.2 Å². The van der Waals surface area contributed by atoms with Crippen LogP contribution in [-0.2, 0) is 20.0 Å². The Kier molecular flexibility index (Phi) is 4.83. The molecule has 0 unspecified atom stereocenters. The summed E-state index contributed by atoms with van der Waals surface area (Å²) in [6, 6.07) is 0. The van der Waals surface area contributed by atoms with Gasteiger partial charge >= 0.3 is 5.51 Å². The maximum Gasteiger partial charge on any atom is 0.480 e. The number of sulfonamides is 2. The van der Waals surface area contributed by atoms with Crippen molar-refractivity contribution in [1.82, 2.24) is 0 Å². The molecule has 0 saturated carbocycles. The molecule has 0 aliphatic rings. The van der Waals surface area contributed by atoms with E-state index in [9.17, 15) is 30.0 Å². The molecule has 0 aliphatic heterocycles. The minimum Gasteiger partial charge on any atom is -0.428 e. The van der Waals surface area contributed by atoms with Gasteiger partial charge in [-0.25, -0.2) is 16.8 Å². The Morgan fingerprint density at radius 2 is 1.60 bits per heavy atom. The summed E-state index contributed by atoms with van der Waals surface area (Å²) < 4.78 is 79.1. The van der Waals surface area contributed by atoms with E-state index in [-0.39, 0.29) is 12.3 Å². The molecule has 0 radical (unpaired) electrons. The first kappa shape index (κ1) is 14.9. The van der Waals surface area contributed by atoms with Crippen LogP contribution in [0.1, 0.15) is 6.42 Å². The molecule has 11 heteroatoms. The largest absolute Gasteiger partial charge is 0.480 e. The van der Waals surface area contributed by atoms with Crippen LogP contribution in [0, 0.1) is 0 Å². The Morgan fingerprint density at radius 1 is 1.13 bits per heavy atom. The van der Waals surface area contributed by atoms with Crippen LogP contribution in [0.2, 0.25) is 0 Å². The number of hydrogen-bond acceptors (Lipinski definition) is 4. The zero-order valence-corrected chi connectivity index (χ0v) is 9.42. The number of nitrogens with zero attached hydrogens (tertiary/aromatic N) is 1. The molecule has 0 aromatic rings. The maximum absolute atomic E-state index is 11.7. The summed E-state index contributed by atoms with van der Waals surface area (Å²) in [5.74, 6) is -0.966. The van der Waals surface area contributed by atoms with E-state index >= 15 is 0 Å². The second-order valence-electron chi connectivity index (χ2n) is 2.32. The fraction of sp³-hybridized carbons (Fsp3) is 1.00. The standard InChI is InChI=1S/C4H6ClF3NO4S2/c5-2-1-3-14(10,11)9-15(12,13)4(6,7)8/h1-3H2/q-1. The molecule has 0 spiro atoms. The van der Waals surface area contributed by atoms with Crippen molar-refractivity contribution in [1.29, 1.82) is 0 Å². The molecule has 0 rings (SSSR count). The molecular weight excluding hydrogens is 283 g/mol. The highest BCUT2D eigenvalue weighted by molar-refractivity contribution is 8.12. The van der Waals surface area contributed by atoms with Gasteiger partial charge in [-0.3, -0.25) is 0 Å². The zero-order chi connectivity index (χ0) is 12.3. The Labute approximate surface area is 89.7 Å². The number of alkyl halides is 4. The third-order valence-electron chi connectivity index (χ3n) is 1.04. The Morgan fingerprint density at radius 3 is 1.93 bits per heavy atom. The lowest BCUT2D eigenvalue weighted by Crippen LogP contribution is -2.25. The van der Waals surface area contributed by atoms with E-state index in [0.717, 1.165) is 0 Å². The molecule has 0 aromatic carbocycles. The van der Waals surface area contributed by atoms with E-state index in [1.807, 2.05) is 4.13 Å². The molecule has 5 nitrogen and oxygen atoms in total. The molecule has 0 aromatic heterocycles. The van der Waals surface area contributed by atoms with Crippen molar-refractivity contribution in [2.75, 3.05) is 11.6 Å². The first-order chi connectivity index (χ1) is 6.52. The summed E-state index contributed by atoms with van der Waals surface area (Å²) in [5.41, 5.74) is -5.71. The molecule has 92 valence electrons. The molecule has 0 amide bonds. The molecule has 0 heterocycles. The van der Waals surface area contributed by atoms with Crippen molar-refractivity contribution in [2.45, 2.75) is 11.9 Å². The second-order valence-corrected chi connectivity index (χ2v) is 6.28. The lowest BCUT2D eigenvalue weighted by atomic mass is 10.6. The molecule has 15 heavy (non-hydrogen) atoms. The summed E-state index contributed by atoms with van der Waals surface area (Å²) in [7, 11) is -10.6. The van der Waals surface area contributed by atoms with E-state index in [2.05, 4.69) is 0 Å². The van der Waals surface area contributed by atoms with Crippen LogP contribution in [0.25, 0.3) is 4.13 Å². The first-order valence-electron chi connectivity index (χ1n) is 3.36. The van der Waals surface area contributed by atoms with Crippen LogP contribution < -0.4 is 0 Å². The topological polar surface area (TPSA) is 82.4 Å². The third-order valence-corrected chi connectivity index (χ3v) is 4.39. The van der Waals surface area contributed by atoms with Gasteiger partial charge in [-0.15, -0.1) is 11.6 Å². The van der Waals surface area contributed by atoms with Crippen molar-refractivity contribution in [3.8, 4) is 0 Å². The van der Waals surface area contributed by atoms with Crippen LogP contribution in [0.3, 0.4) is 0 Å². The van der Waals surface area contributed by atoms with E-state index < -0.39 is 31.3 Å². The number of halogens is 4. The van der Waals surface area contributed by atoms with Gasteiger partial charge < -0.3 is 4.13 Å². The predicted octanol–water partition coefficient (Wildman–Crippen LogP) is 1.17. The molecule has 0 N–H and O–H groups in total. The maximum atomic E-state index is 11.7. The van der Waals surface area contributed by atoms with Crippen LogP contribution in [0.5, 0.6) is 0 Å². The highest BCUT2D eigenvalue weighted by Gasteiger charge is 2.40. The number of hydrogen-bond donors (Lipinski definition) is 0. The summed E-state index contributed by atoms with van der Waals surface area (Å²) in [6.45, 7) is 0. The molecule has 0 fully saturated rings. The normalized spacial score (nSPS) is 14.1. The van der Waals surface area contributed by atoms with Crippen molar-refractivity contribution in [2.24, 2.45) is 0 Å². The smallest absolute Gasteiger partial charge is 0.428 e. The van der Waals surface area contributed by atoms with Gasteiger partial charge in [-0.1, -0.05) is 0 Å². The van der Waals surface area contributed by atoms with Crippen molar-refractivity contribution >= 4 is 31.6 Å². The lowest BCUT2D eigenvalue weighted by molar-refractivity contribution is -0.0425. The fourth-order valence-corrected chi connectivity index (χ4v) is 3.10. The van der Waals surface area contributed by atoms with Gasteiger partial charge in [0.25, 0.3) is 0 Å². The van der Waals surface area contributed by atoms with Gasteiger partial charge in [0.15, 0.2) is 10.0 Å². The van der Waals surface area contributed by atoms with Crippen molar-refractivity contribution in [3.05, 3.63) is 4.13 Å². The quantitative estimate of drug-likeness (QED) is 0.711. The average molecular weight is 289 g/mol. The first-order valence-corrected chi connectivity index (χ1v) is 6.94. The SMILES string of the molecule is O=S(=O)(CCCCl)[N-]S(=O)(=O)C(F)(F)F. The zero-order valence-electron chi connectivity index (χ0n) is 7.03. The lowest BCUT2D eigenvalue weighted by Gasteiger charge is -2.21. The molecular formula is C4H6ClF3NO4S2-. The average Bonchev–Trinajstić information content (AvgIpc) is 1.96. The second kappa shape index (κ2) is 4.85. The monoisotopic (exact) mass is 288 g/mol. The van der Waals surface area contributed by atoms with Gasteiger partial charge in [0.05, 0.1) is 10.0 Å². The number of rotatable bonds is 5. The van der Waals surface area contributed by atoms with Crippen LogP contribution in [0.15, 0.2) is 0 Å². The minimum absolute atomic E-state index is 0.124. The molecule has 0 saturated heterocycles. The highest BCUT2D eigenvalue weighted by atomic mass is 35.5. The van der Waals surface area contributed by atoms with Crippen LogP contribution in [0.4, 0.5) is 13.2 Å². The summed E-state index contributed by atoms with van der Waals surface area (Å²) in [5, 5.41) is 0. The summed E-state index contributed by atoms with van der Waals surface area (Å²) in [6.07, 6.45) is -0.180. The van der Waals surface area contributed by atoms with Gasteiger partial charge in [0, 0.05) is 11.6 Å². The minimum atomic E-state index is -5.99. The molecule has 0 aliphatic carbocycles. The van der Waals surface area contributed by atoms with E-state index in [1.54, 1.807) is 0 Å². The summed E-state index contributed by atoms with van der Waals surface area (Å²) >= 11 is 5.09. The Bertz CT molecular complexity index is 400.